The van der Waals surface area contributed by atoms with Crippen LogP contribution in [0.2, 0.25) is 10.0 Å². The fourth-order valence-electron chi connectivity index (χ4n) is 1.35. The molecule has 1 aromatic carbocycles. The molecular formula is C11H16Cl2N2. The summed E-state index contributed by atoms with van der Waals surface area (Å²) in [6.07, 6.45) is 3.52. The van der Waals surface area contributed by atoms with Crippen LogP contribution in [0.3, 0.4) is 0 Å². The van der Waals surface area contributed by atoms with E-state index in [9.17, 15) is 0 Å². The first-order valence-electron chi connectivity index (χ1n) is 5.13. The summed E-state index contributed by atoms with van der Waals surface area (Å²) in [5.41, 5.74) is 6.98. The van der Waals surface area contributed by atoms with E-state index >= 15 is 0 Å². The second kappa shape index (κ2) is 6.09. The summed E-state index contributed by atoms with van der Waals surface area (Å²) < 4.78 is 0. The number of nitrogen functional groups attached to an aromatic ring is 1. The molecule has 3 N–H and O–H groups in total. The van der Waals surface area contributed by atoms with Gasteiger partial charge >= 0.3 is 0 Å². The lowest BCUT2D eigenvalue weighted by atomic mass is 10.2. The highest BCUT2D eigenvalue weighted by atomic mass is 35.5. The van der Waals surface area contributed by atoms with Crippen LogP contribution in [0, 0.1) is 0 Å². The lowest BCUT2D eigenvalue weighted by Gasteiger charge is -2.10. The Morgan fingerprint density at radius 3 is 2.33 bits per heavy atom. The van der Waals surface area contributed by atoms with Gasteiger partial charge in [-0.2, -0.15) is 0 Å². The van der Waals surface area contributed by atoms with Gasteiger partial charge in [-0.15, -0.1) is 0 Å². The highest BCUT2D eigenvalue weighted by Crippen LogP contribution is 2.32. The fraction of sp³-hybridized carbons (Fsp3) is 0.455. The van der Waals surface area contributed by atoms with E-state index in [-0.39, 0.29) is 0 Å². The third kappa shape index (κ3) is 3.80. The van der Waals surface area contributed by atoms with Crippen molar-refractivity contribution in [3.8, 4) is 0 Å². The first-order chi connectivity index (χ1) is 7.15. The van der Waals surface area contributed by atoms with Crippen molar-refractivity contribution in [2.75, 3.05) is 17.6 Å². The zero-order valence-corrected chi connectivity index (χ0v) is 10.3. The molecule has 4 heteroatoms. The van der Waals surface area contributed by atoms with Gasteiger partial charge in [0.05, 0.1) is 15.7 Å². The number of benzene rings is 1. The van der Waals surface area contributed by atoms with E-state index in [0.717, 1.165) is 18.7 Å². The molecule has 1 aromatic rings. The molecule has 0 heterocycles. The van der Waals surface area contributed by atoms with Crippen molar-refractivity contribution in [3.63, 3.8) is 0 Å². The lowest BCUT2D eigenvalue weighted by molar-refractivity contribution is 0.744. The van der Waals surface area contributed by atoms with E-state index in [0.29, 0.717) is 15.7 Å². The third-order valence-corrected chi connectivity index (χ3v) is 2.74. The van der Waals surface area contributed by atoms with E-state index in [1.807, 2.05) is 0 Å². The van der Waals surface area contributed by atoms with Gasteiger partial charge in [0.1, 0.15) is 0 Å². The summed E-state index contributed by atoms with van der Waals surface area (Å²) in [6.45, 7) is 3.06. The minimum atomic E-state index is 0.580. The van der Waals surface area contributed by atoms with Crippen molar-refractivity contribution in [1.29, 1.82) is 0 Å². The van der Waals surface area contributed by atoms with Crippen molar-refractivity contribution in [2.24, 2.45) is 0 Å². The predicted octanol–water partition coefficient (Wildman–Crippen LogP) is 4.18. The number of anilines is 2. The molecule has 0 aliphatic rings. The Bertz CT molecular complexity index is 303. The van der Waals surface area contributed by atoms with Crippen LogP contribution >= 0.6 is 23.2 Å². The second-order valence-corrected chi connectivity index (χ2v) is 4.31. The Morgan fingerprint density at radius 1 is 1.20 bits per heavy atom. The summed E-state index contributed by atoms with van der Waals surface area (Å²) in [7, 11) is 0. The van der Waals surface area contributed by atoms with E-state index in [1.54, 1.807) is 12.1 Å². The molecule has 2 nitrogen and oxygen atoms in total. The van der Waals surface area contributed by atoms with Crippen LogP contribution in [0.25, 0.3) is 0 Å². The zero-order valence-electron chi connectivity index (χ0n) is 8.82. The van der Waals surface area contributed by atoms with Crippen LogP contribution in [0.5, 0.6) is 0 Å². The molecule has 0 fully saturated rings. The largest absolute Gasteiger partial charge is 0.399 e. The van der Waals surface area contributed by atoms with Gasteiger partial charge in [-0.1, -0.05) is 43.0 Å². The van der Waals surface area contributed by atoms with Crippen LogP contribution in [-0.4, -0.2) is 6.54 Å². The molecule has 0 aliphatic carbocycles. The van der Waals surface area contributed by atoms with Gasteiger partial charge in [-0.3, -0.25) is 0 Å². The molecule has 0 spiro atoms. The molecule has 1 rings (SSSR count). The van der Waals surface area contributed by atoms with Crippen molar-refractivity contribution in [1.82, 2.24) is 0 Å². The number of rotatable bonds is 5. The molecule has 0 radical (unpaired) electrons. The van der Waals surface area contributed by atoms with Crippen LogP contribution in [0.1, 0.15) is 26.2 Å². The smallest absolute Gasteiger partial charge is 0.0720 e. The first kappa shape index (κ1) is 12.5. The van der Waals surface area contributed by atoms with Crippen molar-refractivity contribution < 1.29 is 0 Å². The van der Waals surface area contributed by atoms with Crippen LogP contribution in [0.4, 0.5) is 11.4 Å². The first-order valence-corrected chi connectivity index (χ1v) is 5.89. The number of hydrogen-bond acceptors (Lipinski definition) is 2. The van der Waals surface area contributed by atoms with Crippen LogP contribution in [-0.2, 0) is 0 Å². The molecule has 84 valence electrons. The second-order valence-electron chi connectivity index (χ2n) is 3.49. The van der Waals surface area contributed by atoms with Gasteiger partial charge in [0, 0.05) is 12.2 Å². The maximum Gasteiger partial charge on any atom is 0.0720 e. The molecule has 0 bridgehead atoms. The average molecular weight is 247 g/mol. The Morgan fingerprint density at radius 2 is 1.80 bits per heavy atom. The Balaban J connectivity index is 2.60. The van der Waals surface area contributed by atoms with Gasteiger partial charge in [-0.25, -0.2) is 0 Å². The lowest BCUT2D eigenvalue weighted by Crippen LogP contribution is -2.03. The highest BCUT2D eigenvalue weighted by molar-refractivity contribution is 6.39. The minimum Gasteiger partial charge on any atom is -0.399 e. The summed E-state index contributed by atoms with van der Waals surface area (Å²) in [4.78, 5) is 0. The Hall–Kier alpha value is -0.600. The zero-order chi connectivity index (χ0) is 11.3. The van der Waals surface area contributed by atoms with Crippen LogP contribution < -0.4 is 11.1 Å². The fourth-order valence-corrected chi connectivity index (χ4v) is 1.99. The van der Waals surface area contributed by atoms with Gasteiger partial charge in [0.2, 0.25) is 0 Å². The number of hydrogen-bond donors (Lipinski definition) is 2. The molecule has 0 saturated heterocycles. The van der Waals surface area contributed by atoms with Crippen molar-refractivity contribution in [3.05, 3.63) is 22.2 Å². The molecular weight excluding hydrogens is 231 g/mol. The van der Waals surface area contributed by atoms with Gasteiger partial charge < -0.3 is 11.1 Å². The number of nitrogens with one attached hydrogen (secondary N) is 1. The van der Waals surface area contributed by atoms with Gasteiger partial charge in [-0.05, 0) is 18.6 Å². The summed E-state index contributed by atoms with van der Waals surface area (Å²) in [5.74, 6) is 0. The number of halogens is 2. The normalized spacial score (nSPS) is 10.3. The van der Waals surface area contributed by atoms with Crippen molar-refractivity contribution in [2.45, 2.75) is 26.2 Å². The predicted molar refractivity (Wildman–Crippen MR) is 68.9 cm³/mol. The summed E-state index contributed by atoms with van der Waals surface area (Å²) in [5, 5.41) is 4.38. The molecule has 0 saturated carbocycles. The molecule has 0 atom stereocenters. The standard InChI is InChI=1S/C11H16Cl2N2/c1-2-3-4-5-15-11-9(12)6-8(14)7-10(11)13/h6-7,15H,2-5,14H2,1H3. The van der Waals surface area contributed by atoms with Crippen LogP contribution in [0.15, 0.2) is 12.1 Å². The van der Waals surface area contributed by atoms with Gasteiger partial charge in [0.25, 0.3) is 0 Å². The Labute approximate surface area is 101 Å². The average Bonchev–Trinajstić information content (AvgIpc) is 2.15. The molecule has 15 heavy (non-hydrogen) atoms. The third-order valence-electron chi connectivity index (χ3n) is 2.15. The van der Waals surface area contributed by atoms with Gasteiger partial charge in [0.15, 0.2) is 0 Å². The maximum absolute atomic E-state index is 6.02. The van der Waals surface area contributed by atoms with E-state index in [1.165, 1.54) is 12.8 Å². The highest BCUT2D eigenvalue weighted by Gasteiger charge is 2.05. The molecule has 0 unspecified atom stereocenters. The van der Waals surface area contributed by atoms with E-state index < -0.39 is 0 Å². The van der Waals surface area contributed by atoms with Crippen molar-refractivity contribution >= 4 is 34.6 Å². The number of nitrogens with two attached hydrogens (primary N) is 1. The number of unbranched alkanes of at least 4 members (excludes halogenated alkanes) is 2. The summed E-state index contributed by atoms with van der Waals surface area (Å²) in [6, 6.07) is 3.41. The molecule has 0 aromatic heterocycles. The quantitative estimate of drug-likeness (QED) is 0.605. The van der Waals surface area contributed by atoms with E-state index in [4.69, 9.17) is 28.9 Å². The SMILES string of the molecule is CCCCCNc1c(Cl)cc(N)cc1Cl. The maximum atomic E-state index is 6.02. The van der Waals surface area contributed by atoms with E-state index in [2.05, 4.69) is 12.2 Å². The molecule has 0 aliphatic heterocycles. The minimum absolute atomic E-state index is 0.580. The monoisotopic (exact) mass is 246 g/mol. The topological polar surface area (TPSA) is 38.0 Å². The Kier molecular flexibility index (Phi) is 5.06. The summed E-state index contributed by atoms with van der Waals surface area (Å²) >= 11 is 12.0. The molecule has 0 amide bonds.